The van der Waals surface area contributed by atoms with Gasteiger partial charge in [0.05, 0.1) is 29.3 Å². The van der Waals surface area contributed by atoms with Crippen molar-refractivity contribution < 1.29 is 28.7 Å². The van der Waals surface area contributed by atoms with Crippen LogP contribution in [0.1, 0.15) is 43.9 Å². The number of carbonyl (C=O) groups excluding carboxylic acids is 4. The highest BCUT2D eigenvalue weighted by molar-refractivity contribution is 6.22. The summed E-state index contributed by atoms with van der Waals surface area (Å²) in [6.45, 7) is 0.283. The summed E-state index contributed by atoms with van der Waals surface area (Å²) in [5, 5.41) is 0. The first-order valence-electron chi connectivity index (χ1n) is 7.54. The predicted molar refractivity (Wildman–Crippen MR) is 80.3 cm³/mol. The third kappa shape index (κ3) is 3.00. The normalized spacial score (nSPS) is 19.5. The zero-order chi connectivity index (χ0) is 17.3. The minimum absolute atomic E-state index is 0.0788. The van der Waals surface area contributed by atoms with Gasteiger partial charge in [0.2, 0.25) is 0 Å². The Morgan fingerprint density at radius 3 is 2.67 bits per heavy atom. The van der Waals surface area contributed by atoms with Crippen LogP contribution in [0, 0.1) is 0 Å². The fraction of sp³-hybridized carbons (Fsp3) is 0.375. The molecular formula is C16H16N2O6. The van der Waals surface area contributed by atoms with Gasteiger partial charge in [-0.05, 0) is 31.0 Å². The lowest BCUT2D eigenvalue weighted by Crippen LogP contribution is -2.36. The smallest absolute Gasteiger partial charge is 0.338 e. The maximum atomic E-state index is 12.5. The van der Waals surface area contributed by atoms with Crippen molar-refractivity contribution in [2.24, 2.45) is 5.73 Å². The maximum Gasteiger partial charge on any atom is 0.338 e. The van der Waals surface area contributed by atoms with Crippen molar-refractivity contribution in [3.63, 3.8) is 0 Å². The molecule has 8 heteroatoms. The Bertz CT molecular complexity index is 723. The molecule has 0 radical (unpaired) electrons. The molecule has 2 heterocycles. The predicted octanol–water partition coefficient (Wildman–Crippen LogP) is 0.104. The third-order valence-electron chi connectivity index (χ3n) is 3.96. The number of hydrogen-bond acceptors (Lipinski definition) is 6. The zero-order valence-corrected chi connectivity index (χ0v) is 12.8. The van der Waals surface area contributed by atoms with E-state index in [1.807, 2.05) is 0 Å². The van der Waals surface area contributed by atoms with E-state index >= 15 is 0 Å². The number of nitrogens with two attached hydrogens (primary N) is 1. The number of amides is 3. The molecule has 1 unspecified atom stereocenters. The Morgan fingerprint density at radius 2 is 2.00 bits per heavy atom. The standard InChI is InChI=1S/C16H16N2O6/c17-13(19)8-24-16(22)9-3-4-11-12(6-9)15(21)18(14(11)20)7-10-2-1-5-23-10/h3-4,6,10H,1-2,5,7-8H2,(H2,17,19). The van der Waals surface area contributed by atoms with E-state index in [4.69, 9.17) is 15.2 Å². The molecular weight excluding hydrogens is 316 g/mol. The second kappa shape index (κ2) is 6.40. The van der Waals surface area contributed by atoms with Crippen molar-refractivity contribution in [1.82, 2.24) is 4.90 Å². The number of esters is 1. The molecule has 2 N–H and O–H groups in total. The fourth-order valence-electron chi connectivity index (χ4n) is 2.80. The van der Waals surface area contributed by atoms with Crippen LogP contribution in [0.4, 0.5) is 0 Å². The molecule has 3 rings (SSSR count). The topological polar surface area (TPSA) is 116 Å². The molecule has 2 aliphatic heterocycles. The van der Waals surface area contributed by atoms with Crippen molar-refractivity contribution >= 4 is 23.7 Å². The number of ether oxygens (including phenoxy) is 2. The van der Waals surface area contributed by atoms with Crippen LogP contribution >= 0.6 is 0 Å². The van der Waals surface area contributed by atoms with E-state index in [9.17, 15) is 19.2 Å². The number of imide groups is 1. The minimum Gasteiger partial charge on any atom is -0.452 e. The summed E-state index contributed by atoms with van der Waals surface area (Å²) in [5.74, 6) is -2.43. The molecule has 0 bridgehead atoms. The molecule has 0 saturated carbocycles. The van der Waals surface area contributed by atoms with E-state index in [2.05, 4.69) is 0 Å². The first-order valence-corrected chi connectivity index (χ1v) is 7.54. The van der Waals surface area contributed by atoms with Crippen molar-refractivity contribution in [2.45, 2.75) is 18.9 Å². The van der Waals surface area contributed by atoms with Gasteiger partial charge in [-0.1, -0.05) is 0 Å². The zero-order valence-electron chi connectivity index (χ0n) is 12.8. The Kier molecular flexibility index (Phi) is 4.30. The highest BCUT2D eigenvalue weighted by Crippen LogP contribution is 2.26. The van der Waals surface area contributed by atoms with Crippen LogP contribution in [0.3, 0.4) is 0 Å². The molecule has 1 fully saturated rings. The number of benzene rings is 1. The lowest BCUT2D eigenvalue weighted by atomic mass is 10.1. The van der Waals surface area contributed by atoms with Gasteiger partial charge in [0, 0.05) is 6.61 Å². The van der Waals surface area contributed by atoms with Gasteiger partial charge < -0.3 is 15.2 Å². The van der Waals surface area contributed by atoms with Gasteiger partial charge in [0.25, 0.3) is 17.7 Å². The number of primary amides is 1. The summed E-state index contributed by atoms with van der Waals surface area (Å²) in [4.78, 5) is 48.5. The molecule has 1 aromatic rings. The van der Waals surface area contributed by atoms with Crippen LogP contribution in [-0.4, -0.2) is 54.5 Å². The number of nitrogens with zero attached hydrogens (tertiary/aromatic N) is 1. The van der Waals surface area contributed by atoms with Crippen molar-refractivity contribution in [2.75, 3.05) is 19.8 Å². The lowest BCUT2D eigenvalue weighted by Gasteiger charge is -2.17. The molecule has 3 amide bonds. The lowest BCUT2D eigenvalue weighted by molar-refractivity contribution is -0.121. The highest BCUT2D eigenvalue weighted by atomic mass is 16.5. The summed E-state index contributed by atoms with van der Waals surface area (Å²) in [6, 6.07) is 4.09. The van der Waals surface area contributed by atoms with E-state index in [1.54, 1.807) is 0 Å². The molecule has 1 atom stereocenters. The Balaban J connectivity index is 1.78. The average Bonchev–Trinajstić information content (AvgIpc) is 3.15. The van der Waals surface area contributed by atoms with Gasteiger partial charge in [-0.3, -0.25) is 19.3 Å². The van der Waals surface area contributed by atoms with E-state index in [1.165, 1.54) is 18.2 Å². The second-order valence-electron chi connectivity index (χ2n) is 5.66. The number of carbonyl (C=O) groups is 4. The van der Waals surface area contributed by atoms with Crippen LogP contribution < -0.4 is 5.73 Å². The average molecular weight is 332 g/mol. The van der Waals surface area contributed by atoms with Gasteiger partial charge in [0.1, 0.15) is 0 Å². The van der Waals surface area contributed by atoms with Crippen LogP contribution in [0.2, 0.25) is 0 Å². The maximum absolute atomic E-state index is 12.5. The summed E-state index contributed by atoms with van der Waals surface area (Å²) in [5.41, 5.74) is 5.38. The first-order chi connectivity index (χ1) is 11.5. The van der Waals surface area contributed by atoms with Crippen molar-refractivity contribution in [1.29, 1.82) is 0 Å². The van der Waals surface area contributed by atoms with Crippen LogP contribution in [0.25, 0.3) is 0 Å². The molecule has 2 aliphatic rings. The number of rotatable bonds is 5. The minimum atomic E-state index is -0.783. The van der Waals surface area contributed by atoms with Crippen molar-refractivity contribution in [3.8, 4) is 0 Å². The summed E-state index contributed by atoms with van der Waals surface area (Å²) in [6.07, 6.45) is 1.56. The SMILES string of the molecule is NC(=O)COC(=O)c1ccc2c(c1)C(=O)N(CC1CCCO1)C2=O. The summed E-state index contributed by atoms with van der Waals surface area (Å²) >= 11 is 0. The molecule has 1 aromatic carbocycles. The Hall–Kier alpha value is -2.74. The highest BCUT2D eigenvalue weighted by Gasteiger charge is 2.38. The second-order valence-corrected chi connectivity index (χ2v) is 5.66. The van der Waals surface area contributed by atoms with Gasteiger partial charge in [0.15, 0.2) is 6.61 Å². The quantitative estimate of drug-likeness (QED) is 0.604. The van der Waals surface area contributed by atoms with Crippen LogP contribution in [-0.2, 0) is 14.3 Å². The molecule has 8 nitrogen and oxygen atoms in total. The van der Waals surface area contributed by atoms with Gasteiger partial charge in [-0.15, -0.1) is 0 Å². The molecule has 0 aromatic heterocycles. The molecule has 24 heavy (non-hydrogen) atoms. The number of fused-ring (bicyclic) bond motifs is 1. The van der Waals surface area contributed by atoms with Crippen LogP contribution in [0.5, 0.6) is 0 Å². The Morgan fingerprint density at radius 1 is 1.25 bits per heavy atom. The first kappa shape index (κ1) is 16.1. The molecule has 126 valence electrons. The molecule has 0 aliphatic carbocycles. The van der Waals surface area contributed by atoms with Crippen LogP contribution in [0.15, 0.2) is 18.2 Å². The monoisotopic (exact) mass is 332 g/mol. The van der Waals surface area contributed by atoms with E-state index in [0.717, 1.165) is 17.7 Å². The largest absolute Gasteiger partial charge is 0.452 e. The fourth-order valence-corrected chi connectivity index (χ4v) is 2.80. The summed E-state index contributed by atoms with van der Waals surface area (Å²) < 4.78 is 10.2. The van der Waals surface area contributed by atoms with Gasteiger partial charge >= 0.3 is 5.97 Å². The van der Waals surface area contributed by atoms with E-state index in [0.29, 0.717) is 6.61 Å². The van der Waals surface area contributed by atoms with E-state index < -0.39 is 30.3 Å². The van der Waals surface area contributed by atoms with E-state index in [-0.39, 0.29) is 29.3 Å². The molecule has 1 saturated heterocycles. The van der Waals surface area contributed by atoms with Crippen molar-refractivity contribution in [3.05, 3.63) is 34.9 Å². The number of hydrogen-bond donors (Lipinski definition) is 1. The van der Waals surface area contributed by atoms with Gasteiger partial charge in [-0.25, -0.2) is 4.79 Å². The Labute approximate surface area is 137 Å². The third-order valence-corrected chi connectivity index (χ3v) is 3.96. The van der Waals surface area contributed by atoms with Gasteiger partial charge in [-0.2, -0.15) is 0 Å². The molecule has 0 spiro atoms. The summed E-state index contributed by atoms with van der Waals surface area (Å²) in [7, 11) is 0.